The zero-order valence-electron chi connectivity index (χ0n) is 16.6. The van der Waals surface area contributed by atoms with Crippen LogP contribution in [0.15, 0.2) is 33.9 Å². The van der Waals surface area contributed by atoms with Crippen LogP contribution in [-0.4, -0.2) is 56.4 Å². The van der Waals surface area contributed by atoms with Gasteiger partial charge in [0.25, 0.3) is 17.1 Å². The molecule has 3 amide bonds. The maximum atomic E-state index is 12.7. The molecule has 1 aliphatic rings. The van der Waals surface area contributed by atoms with Gasteiger partial charge >= 0.3 is 0 Å². The molecular formula is C20H20N2O6S2. The first-order valence-corrected chi connectivity index (χ1v) is 10.6. The Morgan fingerprint density at radius 2 is 1.83 bits per heavy atom. The minimum Gasteiger partial charge on any atom is -0.493 e. The van der Waals surface area contributed by atoms with Crippen LogP contribution in [0, 0.1) is 0 Å². The number of ether oxygens (including phenoxy) is 3. The summed E-state index contributed by atoms with van der Waals surface area (Å²) in [6, 6.07) is 5.09. The van der Waals surface area contributed by atoms with Gasteiger partial charge in [0, 0.05) is 24.0 Å². The SMILES string of the molecule is COc1cc(/C=C2\SC(=O)N(CCNC(=O)c3ccsc3)C2=O)cc(OC)c1OC. The van der Waals surface area contributed by atoms with Crippen LogP contribution < -0.4 is 19.5 Å². The van der Waals surface area contributed by atoms with Crippen molar-refractivity contribution in [1.29, 1.82) is 0 Å². The lowest BCUT2D eigenvalue weighted by atomic mass is 10.1. The van der Waals surface area contributed by atoms with Crippen molar-refractivity contribution in [1.82, 2.24) is 10.2 Å². The van der Waals surface area contributed by atoms with E-state index in [4.69, 9.17) is 14.2 Å². The zero-order valence-corrected chi connectivity index (χ0v) is 18.2. The van der Waals surface area contributed by atoms with Gasteiger partial charge < -0.3 is 19.5 Å². The standard InChI is InChI=1S/C20H20N2O6S2/c1-26-14-8-12(9-15(27-2)17(14)28-3)10-16-19(24)22(20(25)30-16)6-5-21-18(23)13-4-7-29-11-13/h4,7-11H,5-6H2,1-3H3,(H,21,23)/b16-10-. The van der Waals surface area contributed by atoms with Gasteiger partial charge in [-0.05, 0) is 47.0 Å². The summed E-state index contributed by atoms with van der Waals surface area (Å²) in [5.74, 6) is 0.670. The molecule has 1 N–H and O–H groups in total. The molecule has 0 spiro atoms. The van der Waals surface area contributed by atoms with E-state index in [0.29, 0.717) is 28.4 Å². The summed E-state index contributed by atoms with van der Waals surface area (Å²) in [5.41, 5.74) is 1.18. The Morgan fingerprint density at radius 1 is 1.13 bits per heavy atom. The first-order valence-electron chi connectivity index (χ1n) is 8.84. The molecule has 1 saturated heterocycles. The fourth-order valence-corrected chi connectivity index (χ4v) is 4.31. The van der Waals surface area contributed by atoms with E-state index in [2.05, 4.69) is 5.32 Å². The average Bonchev–Trinajstić information content (AvgIpc) is 3.37. The third-order valence-corrected chi connectivity index (χ3v) is 5.85. The van der Waals surface area contributed by atoms with Crippen LogP contribution in [0.25, 0.3) is 6.08 Å². The van der Waals surface area contributed by atoms with E-state index in [9.17, 15) is 14.4 Å². The number of hydrogen-bond donors (Lipinski definition) is 1. The van der Waals surface area contributed by atoms with Crippen LogP contribution in [0.1, 0.15) is 15.9 Å². The maximum Gasteiger partial charge on any atom is 0.293 e. The van der Waals surface area contributed by atoms with E-state index < -0.39 is 5.91 Å². The number of benzene rings is 1. The molecule has 0 atom stereocenters. The average molecular weight is 449 g/mol. The van der Waals surface area contributed by atoms with E-state index in [1.54, 1.807) is 35.0 Å². The van der Waals surface area contributed by atoms with Crippen LogP contribution in [-0.2, 0) is 4.79 Å². The number of hydrogen-bond acceptors (Lipinski definition) is 8. The van der Waals surface area contributed by atoms with Gasteiger partial charge in [-0.2, -0.15) is 11.3 Å². The molecule has 0 aliphatic carbocycles. The predicted molar refractivity (Wildman–Crippen MR) is 115 cm³/mol. The Labute approximate surface area is 181 Å². The van der Waals surface area contributed by atoms with Crippen molar-refractivity contribution in [2.75, 3.05) is 34.4 Å². The largest absolute Gasteiger partial charge is 0.493 e. The van der Waals surface area contributed by atoms with Crippen molar-refractivity contribution in [3.8, 4) is 17.2 Å². The summed E-state index contributed by atoms with van der Waals surface area (Å²) in [7, 11) is 4.50. The molecule has 0 unspecified atom stereocenters. The molecule has 2 heterocycles. The number of thioether (sulfide) groups is 1. The van der Waals surface area contributed by atoms with E-state index in [1.165, 1.54) is 32.7 Å². The quantitative estimate of drug-likeness (QED) is 0.620. The molecule has 1 aromatic carbocycles. The van der Waals surface area contributed by atoms with Gasteiger partial charge in [-0.15, -0.1) is 0 Å². The third kappa shape index (κ3) is 4.60. The van der Waals surface area contributed by atoms with Crippen LogP contribution in [0.3, 0.4) is 0 Å². The molecule has 2 aromatic rings. The molecule has 30 heavy (non-hydrogen) atoms. The second kappa shape index (κ2) is 9.68. The van der Waals surface area contributed by atoms with E-state index in [-0.39, 0.29) is 29.1 Å². The Kier molecular flexibility index (Phi) is 7.01. The van der Waals surface area contributed by atoms with Crippen molar-refractivity contribution in [2.45, 2.75) is 0 Å². The molecule has 1 fully saturated rings. The summed E-state index contributed by atoms with van der Waals surface area (Å²) < 4.78 is 15.9. The van der Waals surface area contributed by atoms with Gasteiger partial charge in [0.05, 0.1) is 26.2 Å². The normalized spacial score (nSPS) is 14.9. The van der Waals surface area contributed by atoms with Gasteiger partial charge in [-0.25, -0.2) is 0 Å². The fraction of sp³-hybridized carbons (Fsp3) is 0.250. The molecule has 0 bridgehead atoms. The number of carbonyl (C=O) groups is 3. The van der Waals surface area contributed by atoms with Crippen molar-refractivity contribution in [2.24, 2.45) is 0 Å². The Balaban J connectivity index is 1.71. The van der Waals surface area contributed by atoms with Gasteiger partial charge in [-0.1, -0.05) is 0 Å². The van der Waals surface area contributed by atoms with E-state index in [1.807, 2.05) is 0 Å². The second-order valence-electron chi connectivity index (χ2n) is 6.06. The number of amides is 3. The number of carbonyl (C=O) groups excluding carboxylic acids is 3. The molecule has 3 rings (SSSR count). The maximum absolute atomic E-state index is 12.7. The zero-order chi connectivity index (χ0) is 21.7. The monoisotopic (exact) mass is 448 g/mol. The van der Waals surface area contributed by atoms with Crippen molar-refractivity contribution < 1.29 is 28.6 Å². The number of rotatable bonds is 8. The van der Waals surface area contributed by atoms with Crippen molar-refractivity contribution in [3.05, 3.63) is 45.0 Å². The molecule has 10 heteroatoms. The lowest BCUT2D eigenvalue weighted by Gasteiger charge is -2.13. The molecule has 0 saturated carbocycles. The molecule has 158 valence electrons. The highest BCUT2D eigenvalue weighted by molar-refractivity contribution is 8.18. The topological polar surface area (TPSA) is 94.2 Å². The Bertz CT molecular complexity index is 962. The van der Waals surface area contributed by atoms with Crippen LogP contribution >= 0.6 is 23.1 Å². The van der Waals surface area contributed by atoms with Gasteiger partial charge in [0.2, 0.25) is 5.75 Å². The number of methoxy groups -OCH3 is 3. The van der Waals surface area contributed by atoms with Gasteiger partial charge in [-0.3, -0.25) is 19.3 Å². The first kappa shape index (κ1) is 21.7. The van der Waals surface area contributed by atoms with Gasteiger partial charge in [0.1, 0.15) is 0 Å². The smallest absolute Gasteiger partial charge is 0.293 e. The van der Waals surface area contributed by atoms with Crippen LogP contribution in [0.2, 0.25) is 0 Å². The summed E-state index contributed by atoms with van der Waals surface area (Å²) in [6.45, 7) is 0.261. The lowest BCUT2D eigenvalue weighted by Crippen LogP contribution is -2.37. The molecular weight excluding hydrogens is 428 g/mol. The van der Waals surface area contributed by atoms with Crippen molar-refractivity contribution in [3.63, 3.8) is 0 Å². The second-order valence-corrected chi connectivity index (χ2v) is 7.83. The fourth-order valence-electron chi connectivity index (χ4n) is 2.81. The lowest BCUT2D eigenvalue weighted by molar-refractivity contribution is -0.122. The van der Waals surface area contributed by atoms with Crippen molar-refractivity contribution >= 4 is 46.2 Å². The highest BCUT2D eigenvalue weighted by atomic mass is 32.2. The third-order valence-electron chi connectivity index (χ3n) is 4.26. The number of nitrogens with zero attached hydrogens (tertiary/aromatic N) is 1. The first-order chi connectivity index (χ1) is 14.5. The number of imide groups is 1. The van der Waals surface area contributed by atoms with Crippen LogP contribution in [0.5, 0.6) is 17.2 Å². The summed E-state index contributed by atoms with van der Waals surface area (Å²) in [6.07, 6.45) is 1.60. The highest BCUT2D eigenvalue weighted by Gasteiger charge is 2.34. The molecule has 0 radical (unpaired) electrons. The summed E-state index contributed by atoms with van der Waals surface area (Å²) >= 11 is 2.26. The predicted octanol–water partition coefficient (Wildman–Crippen LogP) is 3.24. The van der Waals surface area contributed by atoms with Crippen LogP contribution in [0.4, 0.5) is 4.79 Å². The minimum absolute atomic E-state index is 0.0904. The molecule has 8 nitrogen and oxygen atoms in total. The van der Waals surface area contributed by atoms with E-state index in [0.717, 1.165) is 16.7 Å². The molecule has 1 aliphatic heterocycles. The number of thiophene rings is 1. The molecule has 1 aromatic heterocycles. The number of nitrogens with one attached hydrogen (secondary N) is 1. The highest BCUT2D eigenvalue weighted by Crippen LogP contribution is 2.40. The minimum atomic E-state index is -0.413. The summed E-state index contributed by atoms with van der Waals surface area (Å²) in [5, 5.41) is 5.86. The Hall–Kier alpha value is -2.98. The summed E-state index contributed by atoms with van der Waals surface area (Å²) in [4.78, 5) is 38.3. The van der Waals surface area contributed by atoms with E-state index >= 15 is 0 Å². The van der Waals surface area contributed by atoms with Gasteiger partial charge in [0.15, 0.2) is 11.5 Å². The Morgan fingerprint density at radius 3 is 2.40 bits per heavy atom.